The second-order valence-electron chi connectivity index (χ2n) is 7.85. The maximum absolute atomic E-state index is 13.3. The molecule has 0 fully saturated rings. The van der Waals surface area contributed by atoms with Crippen molar-refractivity contribution >= 4 is 16.0 Å². The first-order valence-corrected chi connectivity index (χ1v) is 12.4. The Balaban J connectivity index is 1.81. The molecule has 2 unspecified atom stereocenters. The van der Waals surface area contributed by atoms with Gasteiger partial charge < -0.3 is 14.6 Å². The number of rotatable bonds is 9. The molecule has 0 aliphatic rings. The van der Waals surface area contributed by atoms with E-state index in [4.69, 9.17) is 9.47 Å². The Hall–Kier alpha value is -4.10. The first kappa shape index (κ1) is 25.0. The third-order valence-electron chi connectivity index (χ3n) is 5.44. The van der Waals surface area contributed by atoms with Gasteiger partial charge in [0.15, 0.2) is 11.6 Å². The quantitative estimate of drug-likeness (QED) is 0.342. The zero-order valence-corrected chi connectivity index (χ0v) is 20.8. The fraction of sp³-hybridized carbons (Fsp3) is 0.261. The molecular formula is C23H25N7O5S. The number of nitrogens with zero attached hydrogens (tertiary/aromatic N) is 6. The van der Waals surface area contributed by atoms with Crippen LogP contribution in [-0.2, 0) is 10.0 Å². The van der Waals surface area contributed by atoms with Gasteiger partial charge in [0.25, 0.3) is 0 Å². The minimum atomic E-state index is -4.21. The molecule has 0 spiro atoms. The maximum Gasteiger partial charge on any atom is 0.243 e. The van der Waals surface area contributed by atoms with Crippen molar-refractivity contribution in [3.8, 4) is 28.6 Å². The van der Waals surface area contributed by atoms with Gasteiger partial charge in [0, 0.05) is 30.4 Å². The monoisotopic (exact) mass is 511 g/mol. The van der Waals surface area contributed by atoms with Gasteiger partial charge in [0.05, 0.1) is 14.2 Å². The van der Waals surface area contributed by atoms with E-state index in [0.717, 1.165) is 5.56 Å². The minimum absolute atomic E-state index is 0.0117. The van der Waals surface area contributed by atoms with Crippen molar-refractivity contribution in [2.75, 3.05) is 18.9 Å². The van der Waals surface area contributed by atoms with Crippen molar-refractivity contribution in [2.45, 2.75) is 25.2 Å². The number of hydrogen-bond acceptors (Lipinski definition) is 10. The molecule has 3 heterocycles. The van der Waals surface area contributed by atoms with Gasteiger partial charge in [0.1, 0.15) is 28.5 Å². The molecule has 12 nitrogen and oxygen atoms in total. The average molecular weight is 512 g/mol. The molecule has 0 aliphatic heterocycles. The van der Waals surface area contributed by atoms with Crippen LogP contribution in [0, 0.1) is 6.92 Å². The third-order valence-corrected chi connectivity index (χ3v) is 7.15. The molecule has 4 aromatic rings. The zero-order chi connectivity index (χ0) is 25.9. The number of para-hydroxylation sites is 1. The molecule has 0 saturated heterocycles. The van der Waals surface area contributed by atoms with Crippen LogP contribution in [0.5, 0.6) is 11.5 Å². The highest BCUT2D eigenvalue weighted by Gasteiger charge is 2.33. The summed E-state index contributed by atoms with van der Waals surface area (Å²) in [5.41, 5.74) is 1.73. The van der Waals surface area contributed by atoms with Crippen LogP contribution < -0.4 is 14.2 Å². The normalized spacial score (nSPS) is 13.1. The maximum atomic E-state index is 13.3. The van der Waals surface area contributed by atoms with E-state index in [-0.39, 0.29) is 11.8 Å². The number of hydrogen-bond donors (Lipinski definition) is 2. The minimum Gasteiger partial charge on any atom is -0.494 e. The van der Waals surface area contributed by atoms with Crippen molar-refractivity contribution in [1.82, 2.24) is 29.7 Å². The highest BCUT2D eigenvalue weighted by molar-refractivity contribution is 7.93. The summed E-state index contributed by atoms with van der Waals surface area (Å²) in [5, 5.41) is 17.7. The molecule has 188 valence electrons. The summed E-state index contributed by atoms with van der Waals surface area (Å²) in [7, 11) is -1.25. The van der Waals surface area contributed by atoms with E-state index < -0.39 is 21.4 Å². The van der Waals surface area contributed by atoms with E-state index in [9.17, 15) is 13.5 Å². The first-order chi connectivity index (χ1) is 17.3. The van der Waals surface area contributed by atoms with Crippen LogP contribution in [-0.4, -0.2) is 62.7 Å². The summed E-state index contributed by atoms with van der Waals surface area (Å²) in [6.07, 6.45) is 4.69. The lowest BCUT2D eigenvalue weighted by Gasteiger charge is -2.21. The molecule has 0 bridgehead atoms. The van der Waals surface area contributed by atoms with Gasteiger partial charge >= 0.3 is 0 Å². The van der Waals surface area contributed by atoms with E-state index in [1.165, 1.54) is 38.1 Å². The number of methoxy groups -OCH3 is 2. The van der Waals surface area contributed by atoms with Crippen LogP contribution in [0.1, 0.15) is 24.4 Å². The van der Waals surface area contributed by atoms with Crippen molar-refractivity contribution in [3.63, 3.8) is 0 Å². The number of aliphatic hydroxyl groups excluding tert-OH is 1. The van der Waals surface area contributed by atoms with Gasteiger partial charge in [-0.1, -0.05) is 6.07 Å². The second kappa shape index (κ2) is 10.3. The number of sulfonamides is 1. The lowest BCUT2D eigenvalue weighted by atomic mass is 10.2. The van der Waals surface area contributed by atoms with Crippen molar-refractivity contribution in [1.29, 1.82) is 0 Å². The Morgan fingerprint density at radius 1 is 1.00 bits per heavy atom. The van der Waals surface area contributed by atoms with Crippen molar-refractivity contribution in [2.24, 2.45) is 0 Å². The Bertz CT molecular complexity index is 1420. The van der Waals surface area contributed by atoms with Gasteiger partial charge in [-0.3, -0.25) is 14.3 Å². The molecule has 13 heteroatoms. The number of ether oxygens (including phenoxy) is 2. The van der Waals surface area contributed by atoms with Crippen molar-refractivity contribution < 1.29 is 23.0 Å². The number of aliphatic hydroxyl groups is 1. The number of pyridine rings is 1. The molecule has 2 N–H and O–H groups in total. The summed E-state index contributed by atoms with van der Waals surface area (Å²) in [6.45, 7) is 3.14. The molecule has 0 saturated carbocycles. The molecule has 36 heavy (non-hydrogen) atoms. The van der Waals surface area contributed by atoms with Crippen LogP contribution in [0.3, 0.4) is 0 Å². The van der Waals surface area contributed by atoms with Gasteiger partial charge in [-0.2, -0.15) is 0 Å². The predicted octanol–water partition coefficient (Wildman–Crippen LogP) is 2.31. The van der Waals surface area contributed by atoms with Crippen LogP contribution in [0.2, 0.25) is 0 Å². The smallest absolute Gasteiger partial charge is 0.243 e. The zero-order valence-electron chi connectivity index (χ0n) is 20.0. The molecule has 3 aromatic heterocycles. The van der Waals surface area contributed by atoms with Gasteiger partial charge in [-0.25, -0.2) is 18.4 Å². The fourth-order valence-electron chi connectivity index (χ4n) is 3.45. The lowest BCUT2D eigenvalue weighted by Crippen LogP contribution is -2.32. The number of aryl methyl sites for hydroxylation is 1. The third kappa shape index (κ3) is 4.83. The summed E-state index contributed by atoms with van der Waals surface area (Å²) >= 11 is 0. The van der Waals surface area contributed by atoms with Crippen LogP contribution in [0.15, 0.2) is 55.1 Å². The molecule has 1 aromatic carbocycles. The number of benzene rings is 1. The Labute approximate surface area is 208 Å². The number of nitrogens with one attached hydrogen (secondary N) is 1. The molecule has 0 aliphatic carbocycles. The molecule has 0 radical (unpaired) electrons. The summed E-state index contributed by atoms with van der Waals surface area (Å²) in [5.74, 6) is 0.920. The first-order valence-electron chi connectivity index (χ1n) is 10.8. The summed E-state index contributed by atoms with van der Waals surface area (Å²) in [6, 6.07) is 8.61. The second-order valence-corrected chi connectivity index (χ2v) is 9.89. The summed E-state index contributed by atoms with van der Waals surface area (Å²) < 4.78 is 41.7. The van der Waals surface area contributed by atoms with E-state index in [2.05, 4.69) is 29.9 Å². The van der Waals surface area contributed by atoms with E-state index in [0.29, 0.717) is 28.6 Å². The highest BCUT2D eigenvalue weighted by Crippen LogP contribution is 2.37. The fourth-order valence-corrected chi connectivity index (χ4v) is 4.48. The van der Waals surface area contributed by atoms with Gasteiger partial charge in [0.2, 0.25) is 16.0 Å². The number of anilines is 1. The van der Waals surface area contributed by atoms with Crippen LogP contribution >= 0.6 is 0 Å². The lowest BCUT2D eigenvalue weighted by molar-refractivity contribution is 0.166. The Morgan fingerprint density at radius 2 is 1.67 bits per heavy atom. The summed E-state index contributed by atoms with van der Waals surface area (Å²) in [4.78, 5) is 12.2. The van der Waals surface area contributed by atoms with Gasteiger partial charge in [-0.15, -0.1) is 10.2 Å². The Kier molecular flexibility index (Phi) is 7.12. The standard InChI is InChI=1S/C23H25N7O5S/c1-14-11-25-21(26-12-14)20(31)15(2)36(32,33)29-23-28-27-22(16-7-6-10-24-13-16)30(23)19-17(34-3)8-5-9-18(19)35-4/h5-13,15,20,31H,1-4H3,(H,28,29). The molecule has 0 amide bonds. The highest BCUT2D eigenvalue weighted by atomic mass is 32.2. The van der Waals surface area contributed by atoms with E-state index in [1.54, 1.807) is 49.6 Å². The SMILES string of the molecule is COc1cccc(OC)c1-n1c(NS(=O)(=O)C(C)C(O)c2ncc(C)cn2)nnc1-c1cccnc1. The molecular weight excluding hydrogens is 486 g/mol. The van der Waals surface area contributed by atoms with E-state index in [1.807, 2.05) is 0 Å². The number of aromatic nitrogens is 6. The molecule has 2 atom stereocenters. The Morgan fingerprint density at radius 3 is 2.25 bits per heavy atom. The van der Waals surface area contributed by atoms with Crippen LogP contribution in [0.25, 0.3) is 17.1 Å². The van der Waals surface area contributed by atoms with Gasteiger partial charge in [-0.05, 0) is 43.7 Å². The largest absolute Gasteiger partial charge is 0.494 e. The van der Waals surface area contributed by atoms with Crippen LogP contribution in [0.4, 0.5) is 5.95 Å². The average Bonchev–Trinajstić information content (AvgIpc) is 3.30. The molecule has 4 rings (SSSR count). The predicted molar refractivity (Wildman–Crippen MR) is 131 cm³/mol. The topological polar surface area (TPSA) is 154 Å². The van der Waals surface area contributed by atoms with E-state index >= 15 is 0 Å². The van der Waals surface area contributed by atoms with Crippen molar-refractivity contribution in [3.05, 3.63) is 66.5 Å².